The third kappa shape index (κ3) is 7.61. The average Bonchev–Trinajstić information content (AvgIpc) is 3.23. The molecule has 33 heavy (non-hydrogen) atoms. The lowest BCUT2D eigenvalue weighted by molar-refractivity contribution is 0.102. The second-order valence-corrected chi connectivity index (χ2v) is 8.70. The van der Waals surface area contributed by atoms with Gasteiger partial charge in [0, 0.05) is 27.9 Å². The summed E-state index contributed by atoms with van der Waals surface area (Å²) in [5.41, 5.74) is -0.903. The fraction of sp³-hybridized carbons (Fsp3) is 0.320. The van der Waals surface area contributed by atoms with Crippen molar-refractivity contribution in [3.05, 3.63) is 80.2 Å². The maximum Gasteiger partial charge on any atom is 0.410 e. The third-order valence-electron chi connectivity index (χ3n) is 4.93. The quantitative estimate of drug-likeness (QED) is 0.252. The summed E-state index contributed by atoms with van der Waals surface area (Å²) in [4.78, 5) is 38.4. The fourth-order valence-corrected chi connectivity index (χ4v) is 4.07. The first kappa shape index (κ1) is 25.9. The monoisotopic (exact) mass is 471 g/mol. The molecule has 2 aromatic heterocycles. The van der Waals surface area contributed by atoms with Crippen LogP contribution in [0.4, 0.5) is 4.79 Å². The second-order valence-electron chi connectivity index (χ2n) is 7.50. The van der Waals surface area contributed by atoms with Crippen LogP contribution in [-0.4, -0.2) is 24.1 Å². The minimum atomic E-state index is -0.865. The number of ether oxygens (including phenoxy) is 1. The first-order valence-electron chi connectivity index (χ1n) is 10.6. The molecule has 0 aliphatic rings. The fourth-order valence-electron chi connectivity index (χ4n) is 3.04. The van der Waals surface area contributed by atoms with Crippen LogP contribution in [0.2, 0.25) is 0 Å². The number of ketones is 1. The third-order valence-corrected chi connectivity index (χ3v) is 6.02. The van der Waals surface area contributed by atoms with Crippen LogP contribution in [0.1, 0.15) is 64.9 Å². The smallest absolute Gasteiger partial charge is 0.410 e. The number of alkyl carbamates (subject to hydrolysis) is 1. The molecule has 1 unspecified atom stereocenters. The van der Waals surface area contributed by atoms with E-state index in [0.717, 1.165) is 17.7 Å². The van der Waals surface area contributed by atoms with E-state index in [1.54, 1.807) is 30.4 Å². The largest absolute Gasteiger partial charge is 0.507 e. The van der Waals surface area contributed by atoms with Gasteiger partial charge >= 0.3 is 11.7 Å². The van der Waals surface area contributed by atoms with E-state index in [-0.39, 0.29) is 17.2 Å². The first-order chi connectivity index (χ1) is 15.8. The number of methoxy groups -OCH3 is 1. The highest BCUT2D eigenvalue weighted by Gasteiger charge is 2.22. The normalized spacial score (nSPS) is 12.5. The van der Waals surface area contributed by atoms with E-state index in [1.165, 1.54) is 24.3 Å². The van der Waals surface area contributed by atoms with Gasteiger partial charge in [0.25, 0.3) is 0 Å². The highest BCUT2D eigenvalue weighted by atomic mass is 32.1. The van der Waals surface area contributed by atoms with Crippen LogP contribution in [0.25, 0.3) is 6.08 Å². The van der Waals surface area contributed by atoms with Crippen molar-refractivity contribution in [3.63, 3.8) is 0 Å². The molecule has 0 fully saturated rings. The number of aromatic hydroxyl groups is 1. The molecule has 0 radical (unpaired) electrons. The lowest BCUT2D eigenvalue weighted by Gasteiger charge is -2.11. The van der Waals surface area contributed by atoms with Crippen molar-refractivity contribution >= 4 is 29.3 Å². The Hall–Kier alpha value is -3.39. The Morgan fingerprint density at radius 2 is 2.09 bits per heavy atom. The van der Waals surface area contributed by atoms with E-state index in [0.29, 0.717) is 18.4 Å². The lowest BCUT2D eigenvalue weighted by Crippen LogP contribution is -2.16. The molecule has 7 nitrogen and oxygen atoms in total. The van der Waals surface area contributed by atoms with Gasteiger partial charge in [-0.3, -0.25) is 10.1 Å². The van der Waals surface area contributed by atoms with Gasteiger partial charge in [-0.1, -0.05) is 19.1 Å². The number of aryl methyl sites for hydroxylation is 1. The van der Waals surface area contributed by atoms with Crippen LogP contribution >= 0.6 is 11.3 Å². The number of carbonyl (C=O) groups excluding carboxylic acids is 2. The molecule has 1 atom stereocenters. The zero-order valence-electron chi connectivity index (χ0n) is 19.1. The number of hydrogen-bond acceptors (Lipinski definition) is 7. The van der Waals surface area contributed by atoms with Crippen molar-refractivity contribution in [1.82, 2.24) is 5.32 Å². The summed E-state index contributed by atoms with van der Waals surface area (Å²) in [6.45, 7) is 7.16. The summed E-state index contributed by atoms with van der Waals surface area (Å²) >= 11 is 1.57. The van der Waals surface area contributed by atoms with Gasteiger partial charge in [-0.05, 0) is 56.4 Å². The van der Waals surface area contributed by atoms with Crippen LogP contribution in [0, 0.1) is 0 Å². The van der Waals surface area contributed by atoms with Crippen molar-refractivity contribution in [2.24, 2.45) is 0 Å². The molecule has 0 spiro atoms. The summed E-state index contributed by atoms with van der Waals surface area (Å²) in [5, 5.41) is 12.8. The van der Waals surface area contributed by atoms with E-state index >= 15 is 0 Å². The van der Waals surface area contributed by atoms with Crippen LogP contribution < -0.4 is 10.9 Å². The van der Waals surface area contributed by atoms with Crippen molar-refractivity contribution in [2.45, 2.75) is 45.4 Å². The highest BCUT2D eigenvalue weighted by molar-refractivity contribution is 7.12. The minimum Gasteiger partial charge on any atom is -0.507 e. The summed E-state index contributed by atoms with van der Waals surface area (Å²) < 4.78 is 9.81. The molecule has 0 saturated heterocycles. The van der Waals surface area contributed by atoms with Gasteiger partial charge in [0.1, 0.15) is 17.1 Å². The molecule has 0 bridgehead atoms. The number of hydrogen-bond donors (Lipinski definition) is 2. The van der Waals surface area contributed by atoms with Gasteiger partial charge in [0.2, 0.25) is 0 Å². The standard InChI is InChI=1S/C25H29NO6S/c1-5-6-10-18-11-12-19(33-18)14-17(3)23(28)22-20(27)15-21(32-24(22)29)16(2)9-7-8-13-26-25(30)31-4/h5,8,11-16,27H,1,6-7,9-10H2,2-4H3,(H,26,30)/b13-8+,17-14+. The van der Waals surface area contributed by atoms with Crippen LogP contribution in [-0.2, 0) is 11.2 Å². The van der Waals surface area contributed by atoms with Gasteiger partial charge in [0.05, 0.1) is 7.11 Å². The molecule has 0 aromatic carbocycles. The number of nitrogens with one attached hydrogen (secondary N) is 1. The molecule has 176 valence electrons. The number of thiophene rings is 1. The summed E-state index contributed by atoms with van der Waals surface area (Å²) in [6, 6.07) is 5.24. The Labute approximate surface area is 197 Å². The van der Waals surface area contributed by atoms with Gasteiger partial charge in [-0.15, -0.1) is 17.9 Å². The molecular weight excluding hydrogens is 442 g/mol. The number of Topliss-reactive ketones (excluding diaryl/α,β-unsaturated/α-hetero) is 1. The minimum absolute atomic E-state index is 0.188. The average molecular weight is 472 g/mol. The molecule has 0 saturated carbocycles. The molecule has 8 heteroatoms. The Morgan fingerprint density at radius 3 is 2.76 bits per heavy atom. The van der Waals surface area contributed by atoms with Crippen molar-refractivity contribution < 1.29 is 23.8 Å². The number of rotatable bonds is 11. The van der Waals surface area contributed by atoms with E-state index in [4.69, 9.17) is 4.42 Å². The first-order valence-corrected chi connectivity index (χ1v) is 11.4. The van der Waals surface area contributed by atoms with Gasteiger partial charge in [-0.25, -0.2) is 9.59 Å². The number of allylic oxidation sites excluding steroid dienone is 3. The highest BCUT2D eigenvalue weighted by Crippen LogP contribution is 2.27. The predicted molar refractivity (Wildman–Crippen MR) is 130 cm³/mol. The predicted octanol–water partition coefficient (Wildman–Crippen LogP) is 5.57. The van der Waals surface area contributed by atoms with Gasteiger partial charge in [0.15, 0.2) is 5.78 Å². The van der Waals surface area contributed by atoms with Gasteiger partial charge < -0.3 is 14.3 Å². The summed E-state index contributed by atoms with van der Waals surface area (Å²) in [5.74, 6) is -0.868. The molecule has 1 amide bonds. The SMILES string of the molecule is C=CCCc1ccc(/C=C(\C)C(=O)c2c(O)cc(C(C)CC/C=C/NC(=O)OC)oc2=O)s1. The zero-order valence-corrected chi connectivity index (χ0v) is 19.9. The molecule has 0 aliphatic carbocycles. The van der Waals surface area contributed by atoms with E-state index < -0.39 is 23.3 Å². The molecule has 2 N–H and O–H groups in total. The van der Waals surface area contributed by atoms with E-state index in [1.807, 2.05) is 25.1 Å². The maximum absolute atomic E-state index is 12.8. The van der Waals surface area contributed by atoms with E-state index in [9.17, 15) is 19.5 Å². The zero-order chi connectivity index (χ0) is 24.4. The topological polar surface area (TPSA) is 106 Å². The maximum atomic E-state index is 12.8. The van der Waals surface area contributed by atoms with Gasteiger partial charge in [-0.2, -0.15) is 0 Å². The van der Waals surface area contributed by atoms with Crippen molar-refractivity contribution in [1.29, 1.82) is 0 Å². The van der Waals surface area contributed by atoms with E-state index in [2.05, 4.69) is 16.6 Å². The summed E-state index contributed by atoms with van der Waals surface area (Å²) in [7, 11) is 1.27. The second kappa shape index (κ2) is 12.6. The van der Waals surface area contributed by atoms with Crippen LogP contribution in [0.5, 0.6) is 5.75 Å². The Morgan fingerprint density at radius 1 is 1.33 bits per heavy atom. The Kier molecular flexibility index (Phi) is 9.87. The number of amides is 1. The Bertz CT molecular complexity index is 1110. The molecule has 2 rings (SSSR count). The molecule has 2 aromatic rings. The Balaban J connectivity index is 2.09. The van der Waals surface area contributed by atoms with Crippen LogP contribution in [0.3, 0.4) is 0 Å². The molecule has 2 heterocycles. The van der Waals surface area contributed by atoms with Crippen molar-refractivity contribution in [2.75, 3.05) is 7.11 Å². The lowest BCUT2D eigenvalue weighted by atomic mass is 10.00. The molecule has 0 aliphatic heterocycles. The summed E-state index contributed by atoms with van der Waals surface area (Å²) in [6.07, 6.45) is 9.16. The number of carbonyl (C=O) groups is 2. The van der Waals surface area contributed by atoms with Crippen LogP contribution in [0.15, 0.2) is 57.9 Å². The molecular formula is C25H29NO6S. The van der Waals surface area contributed by atoms with Crippen molar-refractivity contribution in [3.8, 4) is 5.75 Å².